The molecule has 3 rings (SSSR count). The second kappa shape index (κ2) is 10.9. The van der Waals surface area contributed by atoms with E-state index in [1.807, 2.05) is 0 Å². The molecule has 0 saturated carbocycles. The summed E-state index contributed by atoms with van der Waals surface area (Å²) in [5, 5.41) is 12.9. The Balaban J connectivity index is 1.93. The highest BCUT2D eigenvalue weighted by Gasteiger charge is 2.31. The number of nitrogens with one attached hydrogen (secondary N) is 2. The first-order valence-corrected chi connectivity index (χ1v) is 12.9. The number of aromatic nitrogens is 1. The van der Waals surface area contributed by atoms with Gasteiger partial charge >= 0.3 is 6.18 Å². The van der Waals surface area contributed by atoms with Crippen LogP contribution in [0.1, 0.15) is 41.0 Å². The lowest BCUT2D eigenvalue weighted by Crippen LogP contribution is -2.31. The summed E-state index contributed by atoms with van der Waals surface area (Å²) in [4.78, 5) is 26.7. The summed E-state index contributed by atoms with van der Waals surface area (Å²) in [5.41, 5.74) is -0.560. The molecule has 0 aliphatic heterocycles. The Morgan fingerprint density at radius 3 is 2.43 bits per heavy atom. The average molecular weight is 531 g/mol. The summed E-state index contributed by atoms with van der Waals surface area (Å²) in [5.74, 6) is -0.679. The topological polar surface area (TPSA) is 104 Å². The van der Waals surface area contributed by atoms with Crippen LogP contribution in [-0.4, -0.2) is 20.1 Å². The first-order valence-electron chi connectivity index (χ1n) is 11.2. The lowest BCUT2D eigenvalue weighted by atomic mass is 9.99. The number of hydrogen-bond donors (Lipinski definition) is 2. The highest BCUT2D eigenvalue weighted by atomic mass is 32.2. The predicted octanol–water partition coefficient (Wildman–Crippen LogP) is 4.24. The normalized spacial score (nSPS) is 12.8. The van der Waals surface area contributed by atoms with Crippen LogP contribution in [-0.2, 0) is 29.0 Å². The average Bonchev–Trinajstić information content (AvgIpc) is 2.87. The van der Waals surface area contributed by atoms with Crippen molar-refractivity contribution in [2.24, 2.45) is 0 Å². The molecule has 0 aliphatic carbocycles. The first-order chi connectivity index (χ1) is 17.4. The number of nitrogens with zero attached hydrogens (tertiary/aromatic N) is 2. The van der Waals surface area contributed by atoms with E-state index in [-0.39, 0.29) is 23.2 Å². The van der Waals surface area contributed by atoms with Crippen molar-refractivity contribution in [3.05, 3.63) is 87.3 Å². The Hall–Kier alpha value is -4.04. The zero-order chi connectivity index (χ0) is 27.4. The number of halogens is 3. The molecule has 2 aromatic carbocycles. The van der Waals surface area contributed by atoms with Gasteiger partial charge in [-0.3, -0.25) is 9.59 Å². The third-order valence-electron chi connectivity index (χ3n) is 5.87. The molecule has 1 atom stereocenters. The van der Waals surface area contributed by atoms with Crippen molar-refractivity contribution in [3.63, 3.8) is 0 Å². The Morgan fingerprint density at radius 2 is 1.86 bits per heavy atom. The Kier molecular flexibility index (Phi) is 8.13. The van der Waals surface area contributed by atoms with E-state index < -0.39 is 32.8 Å². The van der Waals surface area contributed by atoms with Gasteiger partial charge in [0.25, 0.3) is 5.91 Å². The highest BCUT2D eigenvalue weighted by Crippen LogP contribution is 2.32. The van der Waals surface area contributed by atoms with Gasteiger partial charge in [-0.2, -0.15) is 18.4 Å². The monoisotopic (exact) mass is 530 g/mol. The van der Waals surface area contributed by atoms with Crippen LogP contribution < -0.4 is 15.5 Å². The van der Waals surface area contributed by atoms with Gasteiger partial charge in [0.2, 0.25) is 5.43 Å². The summed E-state index contributed by atoms with van der Waals surface area (Å²) in [6, 6.07) is 10.9. The van der Waals surface area contributed by atoms with Crippen LogP contribution in [0.5, 0.6) is 0 Å². The molecule has 194 valence electrons. The number of amides is 1. The van der Waals surface area contributed by atoms with Crippen LogP contribution in [0.25, 0.3) is 11.1 Å². The standard InChI is InChI=1S/C26H25F3N4O3S/c1-4-33-15-22(24(34)23(17(33)3)19-7-6-8-20(13-19)26(27,28)29)25(35)31-14-18-9-11-21(12-10-18)37(36,5-2)32-16-30/h5-13,15H,4,14H2,1-3H3,(H,31,35)(H,32,36). The summed E-state index contributed by atoms with van der Waals surface area (Å²) in [6.45, 7) is 5.42. The number of nitriles is 1. The number of hydrogen-bond acceptors (Lipinski definition) is 4. The fourth-order valence-corrected chi connectivity index (χ4v) is 5.03. The lowest BCUT2D eigenvalue weighted by molar-refractivity contribution is -0.137. The van der Waals surface area contributed by atoms with Crippen LogP contribution in [0.4, 0.5) is 13.2 Å². The molecule has 0 bridgehead atoms. The van der Waals surface area contributed by atoms with Gasteiger partial charge in [-0.05, 0) is 61.5 Å². The third-order valence-corrected chi connectivity index (χ3v) is 7.90. The molecule has 1 heterocycles. The zero-order valence-corrected chi connectivity index (χ0v) is 21.2. The van der Waals surface area contributed by atoms with Crippen LogP contribution in [0.2, 0.25) is 0 Å². The molecule has 11 heteroatoms. The first kappa shape index (κ1) is 27.5. The number of aryl methyl sites for hydroxylation is 1. The number of pyridine rings is 1. The Morgan fingerprint density at radius 1 is 1.19 bits per heavy atom. The number of carbonyl (C=O) groups is 1. The van der Waals surface area contributed by atoms with Gasteiger partial charge in [0.05, 0.1) is 20.2 Å². The van der Waals surface area contributed by atoms with E-state index in [1.165, 1.54) is 23.7 Å². The Labute approximate surface area is 212 Å². The number of alkyl halides is 3. The number of rotatable bonds is 7. The molecular formula is C26H25F3N4O3S. The Bertz CT molecular complexity index is 1550. The van der Waals surface area contributed by atoms with Gasteiger partial charge in [-0.15, -0.1) is 0 Å². The van der Waals surface area contributed by atoms with Crippen molar-refractivity contribution >= 4 is 21.0 Å². The van der Waals surface area contributed by atoms with Crippen LogP contribution in [0, 0.1) is 18.4 Å². The quantitative estimate of drug-likeness (QED) is 0.271. The molecular weight excluding hydrogens is 505 g/mol. The summed E-state index contributed by atoms with van der Waals surface area (Å²) in [6.07, 6.45) is -1.51. The zero-order valence-electron chi connectivity index (χ0n) is 20.3. The molecule has 0 spiro atoms. The van der Waals surface area contributed by atoms with Gasteiger partial charge in [-0.25, -0.2) is 8.93 Å². The number of benzene rings is 2. The van der Waals surface area contributed by atoms with Crippen LogP contribution in [0.15, 0.2) is 64.4 Å². The number of carbonyl (C=O) groups excluding carboxylic acids is 1. The van der Waals surface area contributed by atoms with E-state index in [4.69, 9.17) is 5.26 Å². The summed E-state index contributed by atoms with van der Waals surface area (Å²) in [7, 11) is -2.85. The van der Waals surface area contributed by atoms with Crippen molar-refractivity contribution in [1.82, 2.24) is 14.6 Å². The molecule has 1 unspecified atom stereocenters. The molecule has 0 fully saturated rings. The molecule has 1 aromatic heterocycles. The minimum atomic E-state index is -4.58. The summed E-state index contributed by atoms with van der Waals surface area (Å²) < 4.78 is 56.4. The minimum absolute atomic E-state index is 0.0283. The van der Waals surface area contributed by atoms with E-state index >= 15 is 0 Å². The van der Waals surface area contributed by atoms with E-state index in [2.05, 4.69) is 10.0 Å². The fraction of sp³-hybridized carbons (Fsp3) is 0.231. The molecule has 2 N–H and O–H groups in total. The predicted molar refractivity (Wildman–Crippen MR) is 136 cm³/mol. The second-order valence-corrected chi connectivity index (χ2v) is 10.4. The van der Waals surface area contributed by atoms with Gasteiger partial charge in [0, 0.05) is 30.5 Å². The van der Waals surface area contributed by atoms with Crippen molar-refractivity contribution < 1.29 is 22.2 Å². The third kappa shape index (κ3) is 5.86. The van der Waals surface area contributed by atoms with Crippen molar-refractivity contribution in [2.75, 3.05) is 0 Å². The van der Waals surface area contributed by atoms with Gasteiger partial charge in [-0.1, -0.05) is 24.3 Å². The van der Waals surface area contributed by atoms with Crippen molar-refractivity contribution in [1.29, 1.82) is 5.26 Å². The molecule has 7 nitrogen and oxygen atoms in total. The van der Waals surface area contributed by atoms with Gasteiger partial charge in [0.1, 0.15) is 5.56 Å². The van der Waals surface area contributed by atoms with Crippen LogP contribution in [0.3, 0.4) is 0 Å². The lowest BCUT2D eigenvalue weighted by Gasteiger charge is -2.17. The molecule has 0 aliphatic rings. The second-order valence-electron chi connectivity index (χ2n) is 8.07. The smallest absolute Gasteiger partial charge is 0.350 e. The molecule has 1 amide bonds. The molecule has 3 aromatic rings. The van der Waals surface area contributed by atoms with Gasteiger partial charge in [0.15, 0.2) is 6.19 Å². The summed E-state index contributed by atoms with van der Waals surface area (Å²) >= 11 is 0. The van der Waals surface area contributed by atoms with Gasteiger partial charge < -0.3 is 9.88 Å². The highest BCUT2D eigenvalue weighted by molar-refractivity contribution is 7.99. The molecule has 37 heavy (non-hydrogen) atoms. The van der Waals surface area contributed by atoms with E-state index in [0.717, 1.165) is 12.1 Å². The van der Waals surface area contributed by atoms with E-state index in [1.54, 1.807) is 55.8 Å². The SMILES string of the molecule is CC=S(=O)(NC#N)c1ccc(CNC(=O)c2cn(CC)c(C)c(-c3cccc(C(F)(F)F)c3)c2=O)cc1. The minimum Gasteiger partial charge on any atom is -0.350 e. The fourth-order valence-electron chi connectivity index (χ4n) is 3.84. The van der Waals surface area contributed by atoms with Crippen molar-refractivity contribution in [3.8, 4) is 17.3 Å². The molecule has 0 saturated heterocycles. The van der Waals surface area contributed by atoms with E-state index in [9.17, 15) is 27.0 Å². The van der Waals surface area contributed by atoms with Crippen LogP contribution >= 0.6 is 0 Å². The maximum Gasteiger partial charge on any atom is 0.416 e. The maximum atomic E-state index is 13.3. The van der Waals surface area contributed by atoms with E-state index in [0.29, 0.717) is 22.7 Å². The maximum absolute atomic E-state index is 13.3. The molecule has 0 radical (unpaired) electrons. The largest absolute Gasteiger partial charge is 0.416 e. The van der Waals surface area contributed by atoms with Crippen molar-refractivity contribution in [2.45, 2.75) is 44.9 Å².